The molecule has 5 nitrogen and oxygen atoms in total. The van der Waals surface area contributed by atoms with Crippen molar-refractivity contribution in [3.8, 4) is 11.1 Å². The molecule has 2 aromatic rings. The molecule has 172 valence electrons. The van der Waals surface area contributed by atoms with Gasteiger partial charge in [-0.25, -0.2) is 12.8 Å². The lowest BCUT2D eigenvalue weighted by atomic mass is 10.0. The summed E-state index contributed by atoms with van der Waals surface area (Å²) in [5, 5.41) is 0. The van der Waals surface area contributed by atoms with E-state index in [0.29, 0.717) is 23.7 Å². The number of sulfone groups is 1. The van der Waals surface area contributed by atoms with E-state index >= 15 is 4.39 Å². The molecule has 0 aliphatic carbocycles. The molecule has 2 fully saturated rings. The van der Waals surface area contributed by atoms with E-state index in [0.717, 1.165) is 25.9 Å². The average molecular weight is 459 g/mol. The van der Waals surface area contributed by atoms with Crippen molar-refractivity contribution in [2.24, 2.45) is 0 Å². The second kappa shape index (κ2) is 9.32. The maximum atomic E-state index is 15.0. The van der Waals surface area contributed by atoms with Crippen molar-refractivity contribution < 1.29 is 17.6 Å². The van der Waals surface area contributed by atoms with Gasteiger partial charge in [-0.1, -0.05) is 25.1 Å². The van der Waals surface area contributed by atoms with Crippen LogP contribution in [0.1, 0.15) is 49.9 Å². The van der Waals surface area contributed by atoms with E-state index in [4.69, 9.17) is 0 Å². The lowest BCUT2D eigenvalue weighted by Crippen LogP contribution is -2.44. The SMILES string of the molecule is CCS(=O)(=O)c1ccc(-c2ccc(C(=O)N3CCC[C@H]3CN3CCC[C@H]3C)c(F)c2)cc1. The number of rotatable bonds is 6. The quantitative estimate of drug-likeness (QED) is 0.645. The molecule has 2 saturated heterocycles. The van der Waals surface area contributed by atoms with Crippen molar-refractivity contribution in [2.45, 2.75) is 56.5 Å². The predicted molar refractivity (Wildman–Crippen MR) is 124 cm³/mol. The van der Waals surface area contributed by atoms with Crippen LogP contribution in [0.15, 0.2) is 47.4 Å². The lowest BCUT2D eigenvalue weighted by Gasteiger charge is -2.31. The molecular weight excluding hydrogens is 427 g/mol. The molecule has 32 heavy (non-hydrogen) atoms. The monoisotopic (exact) mass is 458 g/mol. The van der Waals surface area contributed by atoms with E-state index in [1.165, 1.54) is 18.9 Å². The number of nitrogens with zero attached hydrogens (tertiary/aromatic N) is 2. The molecule has 4 rings (SSSR count). The first-order chi connectivity index (χ1) is 15.3. The summed E-state index contributed by atoms with van der Waals surface area (Å²) in [6.07, 6.45) is 4.30. The molecule has 0 N–H and O–H groups in total. The summed E-state index contributed by atoms with van der Waals surface area (Å²) in [6, 6.07) is 11.8. The van der Waals surface area contributed by atoms with E-state index in [9.17, 15) is 13.2 Å². The zero-order chi connectivity index (χ0) is 22.9. The number of carbonyl (C=O) groups is 1. The van der Waals surface area contributed by atoms with Crippen molar-refractivity contribution in [3.63, 3.8) is 0 Å². The minimum atomic E-state index is -3.28. The number of amides is 1. The van der Waals surface area contributed by atoms with Crippen LogP contribution in [0.5, 0.6) is 0 Å². The Morgan fingerprint density at radius 3 is 2.34 bits per heavy atom. The van der Waals surface area contributed by atoms with Gasteiger partial charge in [-0.05, 0) is 74.5 Å². The van der Waals surface area contributed by atoms with Crippen LogP contribution in [-0.2, 0) is 9.84 Å². The first-order valence-electron chi connectivity index (χ1n) is 11.5. The number of benzene rings is 2. The fourth-order valence-corrected chi connectivity index (χ4v) is 5.76. The molecule has 2 heterocycles. The Bertz CT molecular complexity index is 1080. The van der Waals surface area contributed by atoms with Crippen LogP contribution in [0, 0.1) is 5.82 Å². The van der Waals surface area contributed by atoms with Gasteiger partial charge in [0.15, 0.2) is 9.84 Å². The Balaban J connectivity index is 1.51. The number of carbonyl (C=O) groups excluding carboxylic acids is 1. The van der Waals surface area contributed by atoms with Crippen molar-refractivity contribution in [2.75, 3.05) is 25.4 Å². The second-order valence-electron chi connectivity index (χ2n) is 8.90. The Morgan fingerprint density at radius 1 is 1.03 bits per heavy atom. The van der Waals surface area contributed by atoms with Gasteiger partial charge in [0.25, 0.3) is 5.91 Å². The maximum absolute atomic E-state index is 15.0. The van der Waals surface area contributed by atoms with Gasteiger partial charge in [-0.15, -0.1) is 0 Å². The molecule has 0 aromatic heterocycles. The van der Waals surface area contributed by atoms with Gasteiger partial charge in [-0.3, -0.25) is 9.69 Å². The molecule has 2 aromatic carbocycles. The number of halogens is 1. The Kier molecular flexibility index (Phi) is 6.67. The van der Waals surface area contributed by atoms with Crippen LogP contribution in [0.25, 0.3) is 11.1 Å². The smallest absolute Gasteiger partial charge is 0.257 e. The Labute approximate surface area is 190 Å². The van der Waals surface area contributed by atoms with Gasteiger partial charge in [0.2, 0.25) is 0 Å². The van der Waals surface area contributed by atoms with Crippen LogP contribution in [0.4, 0.5) is 4.39 Å². The average Bonchev–Trinajstić information content (AvgIpc) is 3.42. The van der Waals surface area contributed by atoms with Crippen LogP contribution in [-0.4, -0.2) is 61.6 Å². The molecule has 2 atom stereocenters. The molecule has 7 heteroatoms. The van der Waals surface area contributed by atoms with E-state index in [1.807, 2.05) is 4.90 Å². The molecule has 2 aliphatic rings. The Hall–Kier alpha value is -2.25. The summed E-state index contributed by atoms with van der Waals surface area (Å²) in [4.78, 5) is 17.7. The van der Waals surface area contributed by atoms with E-state index in [-0.39, 0.29) is 28.2 Å². The predicted octanol–water partition coefficient (Wildman–Crippen LogP) is 4.38. The van der Waals surface area contributed by atoms with Gasteiger partial charge < -0.3 is 4.90 Å². The number of hydrogen-bond acceptors (Lipinski definition) is 4. The summed E-state index contributed by atoms with van der Waals surface area (Å²) >= 11 is 0. The van der Waals surface area contributed by atoms with Gasteiger partial charge >= 0.3 is 0 Å². The van der Waals surface area contributed by atoms with Gasteiger partial charge in [0.05, 0.1) is 16.2 Å². The van der Waals surface area contributed by atoms with Crippen LogP contribution in [0.3, 0.4) is 0 Å². The molecule has 0 radical (unpaired) electrons. The highest BCUT2D eigenvalue weighted by molar-refractivity contribution is 7.91. The third kappa shape index (κ3) is 4.59. The normalized spacial score (nSPS) is 21.9. The molecule has 0 bridgehead atoms. The van der Waals surface area contributed by atoms with Crippen molar-refractivity contribution in [1.82, 2.24) is 9.80 Å². The number of hydrogen-bond donors (Lipinski definition) is 0. The van der Waals surface area contributed by atoms with Crippen molar-refractivity contribution >= 4 is 15.7 Å². The third-order valence-corrected chi connectivity index (χ3v) is 8.65. The van der Waals surface area contributed by atoms with Gasteiger partial charge in [-0.2, -0.15) is 0 Å². The van der Waals surface area contributed by atoms with Crippen molar-refractivity contribution in [1.29, 1.82) is 0 Å². The van der Waals surface area contributed by atoms with Gasteiger partial charge in [0.1, 0.15) is 5.82 Å². The summed E-state index contributed by atoms with van der Waals surface area (Å²) < 4.78 is 39.0. The summed E-state index contributed by atoms with van der Waals surface area (Å²) in [5.74, 6) is -0.753. The van der Waals surface area contributed by atoms with E-state index in [2.05, 4.69) is 11.8 Å². The van der Waals surface area contributed by atoms with E-state index in [1.54, 1.807) is 43.3 Å². The molecule has 0 saturated carbocycles. The highest BCUT2D eigenvalue weighted by atomic mass is 32.2. The lowest BCUT2D eigenvalue weighted by molar-refractivity contribution is 0.0692. The molecular formula is C25H31FN2O3S. The molecule has 1 amide bonds. The molecule has 0 unspecified atom stereocenters. The summed E-state index contributed by atoms with van der Waals surface area (Å²) in [5.41, 5.74) is 1.42. The highest BCUT2D eigenvalue weighted by Gasteiger charge is 2.33. The summed E-state index contributed by atoms with van der Waals surface area (Å²) in [6.45, 7) is 6.43. The third-order valence-electron chi connectivity index (χ3n) is 6.90. The second-order valence-corrected chi connectivity index (χ2v) is 11.2. The Morgan fingerprint density at radius 2 is 1.72 bits per heavy atom. The fourth-order valence-electron chi connectivity index (χ4n) is 4.87. The first-order valence-corrected chi connectivity index (χ1v) is 13.1. The largest absolute Gasteiger partial charge is 0.334 e. The van der Waals surface area contributed by atoms with Crippen LogP contribution >= 0.6 is 0 Å². The molecule has 0 spiro atoms. The van der Waals surface area contributed by atoms with Gasteiger partial charge in [0, 0.05) is 25.2 Å². The molecule has 2 aliphatic heterocycles. The maximum Gasteiger partial charge on any atom is 0.257 e. The number of likely N-dealkylation sites (tertiary alicyclic amines) is 2. The zero-order valence-corrected chi connectivity index (χ0v) is 19.6. The summed E-state index contributed by atoms with van der Waals surface area (Å²) in [7, 11) is -3.28. The minimum Gasteiger partial charge on any atom is -0.334 e. The highest BCUT2D eigenvalue weighted by Crippen LogP contribution is 2.28. The standard InChI is InChI=1S/C25H31FN2O3S/c1-3-32(30,31)22-11-8-19(9-12-22)20-10-13-23(24(26)16-20)25(29)28-15-5-7-21(28)17-27-14-4-6-18(27)2/h8-13,16,18,21H,3-7,14-15,17H2,1-2H3/t18-,21+/m1/s1. The van der Waals surface area contributed by atoms with Crippen LogP contribution < -0.4 is 0 Å². The zero-order valence-electron chi connectivity index (χ0n) is 18.8. The van der Waals surface area contributed by atoms with E-state index < -0.39 is 15.7 Å². The fraction of sp³-hybridized carbons (Fsp3) is 0.480. The van der Waals surface area contributed by atoms with Crippen LogP contribution in [0.2, 0.25) is 0 Å². The topological polar surface area (TPSA) is 57.7 Å². The minimum absolute atomic E-state index is 0.0337. The first kappa shape index (κ1) is 22.9. The van der Waals surface area contributed by atoms with Crippen molar-refractivity contribution in [3.05, 3.63) is 53.8 Å².